The van der Waals surface area contributed by atoms with E-state index in [0.29, 0.717) is 18.4 Å². The van der Waals surface area contributed by atoms with Crippen molar-refractivity contribution in [1.82, 2.24) is 9.97 Å². The van der Waals surface area contributed by atoms with E-state index in [1.165, 1.54) is 12.8 Å². The zero-order valence-electron chi connectivity index (χ0n) is 11.3. The molecule has 0 spiro atoms. The van der Waals surface area contributed by atoms with Crippen molar-refractivity contribution < 1.29 is 4.79 Å². The lowest BCUT2D eigenvalue weighted by Crippen LogP contribution is -2.51. The number of nitrogens with zero attached hydrogens (tertiary/aromatic N) is 3. The van der Waals surface area contributed by atoms with Gasteiger partial charge in [0.2, 0.25) is 5.28 Å². The quantitative estimate of drug-likeness (QED) is 0.798. The number of ketones is 1. The molecule has 2 aliphatic rings. The first-order chi connectivity index (χ1) is 9.11. The summed E-state index contributed by atoms with van der Waals surface area (Å²) in [7, 11) is 0. The fraction of sp³-hybridized carbons (Fsp3) is 0.643. The Kier molecular flexibility index (Phi) is 3.21. The minimum Gasteiger partial charge on any atom is -0.343 e. The van der Waals surface area contributed by atoms with E-state index in [1.54, 1.807) is 6.20 Å². The molecule has 1 aromatic rings. The number of halogens is 1. The van der Waals surface area contributed by atoms with Gasteiger partial charge in [-0.3, -0.25) is 4.79 Å². The molecular formula is C14H18ClN3O. The third-order valence-electron chi connectivity index (χ3n) is 4.26. The smallest absolute Gasteiger partial charge is 0.224 e. The number of fused-ring (bicyclic) bond motifs is 1. The maximum absolute atomic E-state index is 12.3. The summed E-state index contributed by atoms with van der Waals surface area (Å²) >= 11 is 5.94. The first-order valence-corrected chi connectivity index (χ1v) is 7.32. The molecule has 5 heteroatoms. The minimum absolute atomic E-state index is 0.0610. The summed E-state index contributed by atoms with van der Waals surface area (Å²) in [5.41, 5.74) is 0.909. The van der Waals surface area contributed by atoms with E-state index >= 15 is 0 Å². The number of hydrogen-bond acceptors (Lipinski definition) is 4. The van der Waals surface area contributed by atoms with Gasteiger partial charge in [-0.15, -0.1) is 0 Å². The summed E-state index contributed by atoms with van der Waals surface area (Å²) in [6, 6.07) is 0.285. The van der Waals surface area contributed by atoms with Crippen LogP contribution < -0.4 is 4.90 Å². The molecule has 1 aliphatic heterocycles. The topological polar surface area (TPSA) is 46.1 Å². The van der Waals surface area contributed by atoms with Gasteiger partial charge >= 0.3 is 0 Å². The Hall–Kier alpha value is -1.16. The summed E-state index contributed by atoms with van der Waals surface area (Å²) in [4.78, 5) is 22.9. The van der Waals surface area contributed by atoms with Gasteiger partial charge in [0.25, 0.3) is 0 Å². The Morgan fingerprint density at radius 3 is 2.89 bits per heavy atom. The lowest BCUT2D eigenvalue weighted by Gasteiger charge is -2.40. The van der Waals surface area contributed by atoms with Gasteiger partial charge < -0.3 is 4.90 Å². The summed E-state index contributed by atoms with van der Waals surface area (Å²) < 4.78 is 0. The summed E-state index contributed by atoms with van der Waals surface area (Å²) in [6.07, 6.45) is 5.43. The van der Waals surface area contributed by atoms with Gasteiger partial charge in [0, 0.05) is 24.2 Å². The molecular weight excluding hydrogens is 262 g/mol. The zero-order valence-corrected chi connectivity index (χ0v) is 12.0. The van der Waals surface area contributed by atoms with Crippen molar-refractivity contribution in [2.24, 2.45) is 5.92 Å². The van der Waals surface area contributed by atoms with Crippen LogP contribution in [-0.4, -0.2) is 27.8 Å². The van der Waals surface area contributed by atoms with Gasteiger partial charge in [0.05, 0.1) is 6.04 Å². The average Bonchev–Trinajstić information content (AvgIpc) is 3.21. The van der Waals surface area contributed by atoms with E-state index in [9.17, 15) is 4.79 Å². The van der Waals surface area contributed by atoms with E-state index < -0.39 is 0 Å². The van der Waals surface area contributed by atoms with Crippen LogP contribution in [0.15, 0.2) is 6.20 Å². The minimum atomic E-state index is -0.0610. The zero-order chi connectivity index (χ0) is 13.6. The molecule has 0 aromatic carbocycles. The number of rotatable bonds is 3. The summed E-state index contributed by atoms with van der Waals surface area (Å²) in [5, 5.41) is 0.260. The highest BCUT2D eigenvalue weighted by molar-refractivity contribution is 6.28. The van der Waals surface area contributed by atoms with Crippen LogP contribution in [0.5, 0.6) is 0 Å². The van der Waals surface area contributed by atoms with Crippen molar-refractivity contribution in [1.29, 1.82) is 0 Å². The number of hydrogen-bond donors (Lipinski definition) is 0. The van der Waals surface area contributed by atoms with Crippen LogP contribution in [0.4, 0.5) is 5.82 Å². The van der Waals surface area contributed by atoms with Gasteiger partial charge in [-0.25, -0.2) is 9.97 Å². The molecule has 3 rings (SSSR count). The third kappa shape index (κ3) is 2.22. The van der Waals surface area contributed by atoms with Gasteiger partial charge in [-0.2, -0.15) is 0 Å². The van der Waals surface area contributed by atoms with Gasteiger partial charge in [0.15, 0.2) is 5.78 Å². The van der Waals surface area contributed by atoms with Crippen molar-refractivity contribution in [3.05, 3.63) is 17.0 Å². The van der Waals surface area contributed by atoms with Crippen molar-refractivity contribution in [3.63, 3.8) is 0 Å². The molecule has 0 amide bonds. The van der Waals surface area contributed by atoms with Crippen molar-refractivity contribution in [2.45, 2.75) is 51.6 Å². The van der Waals surface area contributed by atoms with Gasteiger partial charge in [-0.1, -0.05) is 6.92 Å². The van der Waals surface area contributed by atoms with E-state index in [2.05, 4.69) is 28.7 Å². The highest BCUT2D eigenvalue weighted by Crippen LogP contribution is 2.40. The first-order valence-electron chi connectivity index (χ1n) is 6.94. The third-order valence-corrected chi connectivity index (χ3v) is 4.44. The molecule has 1 unspecified atom stereocenters. The SMILES string of the molecule is CC[C@@H]1C(=O)Cc2cnc(Cl)nc2N1C(C)C1CC1. The molecule has 0 saturated heterocycles. The van der Waals surface area contributed by atoms with Gasteiger partial charge in [-0.05, 0) is 43.7 Å². The Labute approximate surface area is 118 Å². The molecule has 4 nitrogen and oxygen atoms in total. The fourth-order valence-electron chi connectivity index (χ4n) is 3.04. The molecule has 0 N–H and O–H groups in total. The number of aromatic nitrogens is 2. The Morgan fingerprint density at radius 1 is 1.53 bits per heavy atom. The van der Waals surface area contributed by atoms with Crippen LogP contribution in [0, 0.1) is 5.92 Å². The van der Waals surface area contributed by atoms with E-state index in [0.717, 1.165) is 17.8 Å². The second-order valence-corrected chi connectivity index (χ2v) is 5.88. The molecule has 1 fully saturated rings. The Balaban J connectivity index is 2.05. The van der Waals surface area contributed by atoms with Crippen LogP contribution in [0.3, 0.4) is 0 Å². The maximum Gasteiger partial charge on any atom is 0.224 e. The van der Waals surface area contributed by atoms with E-state index in [1.807, 2.05) is 0 Å². The molecule has 19 heavy (non-hydrogen) atoms. The largest absolute Gasteiger partial charge is 0.343 e. The second kappa shape index (κ2) is 4.75. The maximum atomic E-state index is 12.3. The standard InChI is InChI=1S/C14H18ClN3O/c1-3-11-12(19)6-10-7-16-14(15)17-13(10)18(11)8(2)9-4-5-9/h7-9,11H,3-6H2,1-2H3/t8?,11-/m1/s1. The highest BCUT2D eigenvalue weighted by Gasteiger charge is 2.41. The first kappa shape index (κ1) is 12.9. The lowest BCUT2D eigenvalue weighted by atomic mass is 9.94. The van der Waals surface area contributed by atoms with Crippen molar-refractivity contribution >= 4 is 23.2 Å². The molecule has 0 bridgehead atoms. The predicted molar refractivity (Wildman–Crippen MR) is 74.5 cm³/mol. The molecule has 1 saturated carbocycles. The Morgan fingerprint density at radius 2 is 2.26 bits per heavy atom. The van der Waals surface area contributed by atoms with Crippen LogP contribution >= 0.6 is 11.6 Å². The van der Waals surface area contributed by atoms with Crippen LogP contribution in [0.25, 0.3) is 0 Å². The number of carbonyl (C=O) groups is 1. The number of anilines is 1. The number of Topliss-reactive ketones (excluding diaryl/α,β-unsaturated/α-hetero) is 1. The molecule has 1 aliphatic carbocycles. The monoisotopic (exact) mass is 279 g/mol. The Bertz CT molecular complexity index is 515. The van der Waals surface area contributed by atoms with Crippen LogP contribution in [0.1, 0.15) is 38.7 Å². The van der Waals surface area contributed by atoms with Crippen LogP contribution in [0.2, 0.25) is 5.28 Å². The second-order valence-electron chi connectivity index (χ2n) is 5.54. The predicted octanol–water partition coefficient (Wildman–Crippen LogP) is 2.64. The van der Waals surface area contributed by atoms with Crippen molar-refractivity contribution in [2.75, 3.05) is 4.90 Å². The van der Waals surface area contributed by atoms with E-state index in [-0.39, 0.29) is 17.1 Å². The average molecular weight is 280 g/mol. The number of carbonyl (C=O) groups excluding carboxylic acids is 1. The van der Waals surface area contributed by atoms with E-state index in [4.69, 9.17) is 11.6 Å². The summed E-state index contributed by atoms with van der Waals surface area (Å²) in [6.45, 7) is 4.25. The molecule has 102 valence electrons. The van der Waals surface area contributed by atoms with Gasteiger partial charge in [0.1, 0.15) is 5.82 Å². The fourth-order valence-corrected chi connectivity index (χ4v) is 3.17. The highest BCUT2D eigenvalue weighted by atomic mass is 35.5. The molecule has 2 heterocycles. The molecule has 1 aromatic heterocycles. The lowest BCUT2D eigenvalue weighted by molar-refractivity contribution is -0.120. The molecule has 0 radical (unpaired) electrons. The normalized spacial score (nSPS) is 24.3. The summed E-state index contributed by atoms with van der Waals surface area (Å²) in [5.74, 6) is 1.82. The van der Waals surface area contributed by atoms with Crippen molar-refractivity contribution in [3.8, 4) is 0 Å². The van der Waals surface area contributed by atoms with Crippen LogP contribution in [-0.2, 0) is 11.2 Å². The molecule has 2 atom stereocenters.